The lowest BCUT2D eigenvalue weighted by molar-refractivity contribution is -0.156. The standard InChI is InChI=1S/C25H34FN4O9P/c1-14(2)20(31)16(4)37-22(33)15(3)29-40(35,39-17-9-7-6-8-10-17)36-13-18-21(32)25(5,26)23(38-18)30-12-11-19(27)28-24(30)34/h6-12,14-16,18,21,23,32H,13H2,1-5H3,(H,29,35)(H2,27,28,34)/t15-,16-,18+,21+,23+,25+,40-/m0/s1. The lowest BCUT2D eigenvalue weighted by Gasteiger charge is -2.25. The van der Waals surface area contributed by atoms with Gasteiger partial charge in [0.15, 0.2) is 23.8 Å². The van der Waals surface area contributed by atoms with Crippen molar-refractivity contribution in [2.45, 2.75) is 70.9 Å². The second-order valence-corrected chi connectivity index (χ2v) is 11.5. The number of aliphatic hydroxyl groups excluding tert-OH is 1. The van der Waals surface area contributed by atoms with Crippen LogP contribution in [0.15, 0.2) is 47.4 Å². The molecule has 2 aromatic rings. The van der Waals surface area contributed by atoms with E-state index in [1.165, 1.54) is 38.2 Å². The number of para-hydroxylation sites is 1. The number of ether oxygens (including phenoxy) is 2. The number of aliphatic hydroxyl groups is 1. The Labute approximate surface area is 230 Å². The molecular formula is C25H34FN4O9P. The van der Waals surface area contributed by atoms with Gasteiger partial charge in [0.1, 0.15) is 29.8 Å². The Morgan fingerprint density at radius 2 is 1.90 bits per heavy atom. The maximum Gasteiger partial charge on any atom is 0.459 e. The third-order valence-electron chi connectivity index (χ3n) is 6.17. The summed E-state index contributed by atoms with van der Waals surface area (Å²) in [4.78, 5) is 40.6. The maximum atomic E-state index is 15.6. The molecule has 1 aromatic heterocycles. The van der Waals surface area contributed by atoms with Crippen LogP contribution in [0.4, 0.5) is 10.2 Å². The van der Waals surface area contributed by atoms with Crippen LogP contribution in [0.1, 0.15) is 40.8 Å². The minimum Gasteiger partial charge on any atom is -0.453 e. The van der Waals surface area contributed by atoms with Crippen molar-refractivity contribution in [1.29, 1.82) is 0 Å². The molecule has 3 rings (SSSR count). The zero-order valence-corrected chi connectivity index (χ0v) is 23.6. The van der Waals surface area contributed by atoms with Gasteiger partial charge in [0.05, 0.1) is 6.61 Å². The van der Waals surface area contributed by atoms with E-state index in [0.29, 0.717) is 0 Å². The van der Waals surface area contributed by atoms with E-state index < -0.39 is 62.3 Å². The van der Waals surface area contributed by atoms with Crippen molar-refractivity contribution in [2.24, 2.45) is 5.92 Å². The highest BCUT2D eigenvalue weighted by Crippen LogP contribution is 2.47. The predicted molar refractivity (Wildman–Crippen MR) is 141 cm³/mol. The van der Waals surface area contributed by atoms with Crippen LogP contribution in [0.3, 0.4) is 0 Å². The zero-order valence-electron chi connectivity index (χ0n) is 22.7. The average Bonchev–Trinajstić information content (AvgIpc) is 3.10. The number of nitrogen functional groups attached to an aromatic ring is 1. The van der Waals surface area contributed by atoms with Gasteiger partial charge < -0.3 is 24.8 Å². The minimum absolute atomic E-state index is 0.0825. The fourth-order valence-electron chi connectivity index (χ4n) is 3.93. The summed E-state index contributed by atoms with van der Waals surface area (Å²) in [6.07, 6.45) is -4.71. The minimum atomic E-state index is -4.41. The molecule has 7 atom stereocenters. The zero-order chi connectivity index (χ0) is 29.8. The van der Waals surface area contributed by atoms with Gasteiger partial charge in [0, 0.05) is 12.1 Å². The van der Waals surface area contributed by atoms with Crippen LogP contribution >= 0.6 is 7.75 Å². The molecule has 0 amide bonds. The van der Waals surface area contributed by atoms with Crippen LogP contribution in [0.25, 0.3) is 0 Å². The number of hydrogen-bond acceptors (Lipinski definition) is 11. The van der Waals surface area contributed by atoms with Crippen molar-refractivity contribution >= 4 is 25.3 Å². The molecule has 0 saturated carbocycles. The van der Waals surface area contributed by atoms with E-state index in [2.05, 4.69) is 10.1 Å². The summed E-state index contributed by atoms with van der Waals surface area (Å²) in [5.74, 6) is -1.54. The van der Waals surface area contributed by atoms with E-state index in [0.717, 1.165) is 11.5 Å². The molecule has 13 nitrogen and oxygen atoms in total. The van der Waals surface area contributed by atoms with Crippen LogP contribution in [0.2, 0.25) is 0 Å². The number of aromatic nitrogens is 2. The van der Waals surface area contributed by atoms with Crippen molar-refractivity contribution < 1.29 is 42.2 Å². The summed E-state index contributed by atoms with van der Waals surface area (Å²) in [6, 6.07) is 7.87. The van der Waals surface area contributed by atoms with E-state index in [1.54, 1.807) is 32.0 Å². The molecule has 15 heteroatoms. The number of nitrogens with two attached hydrogens (primary N) is 1. The SMILES string of the molecule is CC(C)C(=O)[C@H](C)OC(=O)[C@H](C)N[P@](=O)(OC[C@H]1O[C@@H](n2ccc(N)nc2=O)[C@](C)(F)[C@@H]1O)Oc1ccccc1. The third-order valence-corrected chi connectivity index (χ3v) is 7.81. The maximum absolute atomic E-state index is 15.6. The van der Waals surface area contributed by atoms with Crippen molar-refractivity contribution in [3.8, 4) is 5.75 Å². The topological polar surface area (TPSA) is 181 Å². The van der Waals surface area contributed by atoms with Crippen LogP contribution < -0.4 is 21.0 Å². The number of carbonyl (C=O) groups is 2. The van der Waals surface area contributed by atoms with Crippen LogP contribution in [0, 0.1) is 5.92 Å². The normalized spacial score (nSPS) is 25.6. The molecule has 40 heavy (non-hydrogen) atoms. The van der Waals surface area contributed by atoms with Crippen molar-refractivity contribution in [3.63, 3.8) is 0 Å². The second kappa shape index (κ2) is 12.6. The van der Waals surface area contributed by atoms with Crippen LogP contribution in [-0.2, 0) is 28.2 Å². The smallest absolute Gasteiger partial charge is 0.453 e. The Morgan fingerprint density at radius 1 is 1.25 bits per heavy atom. The van der Waals surface area contributed by atoms with Gasteiger partial charge in [-0.3, -0.25) is 18.7 Å². The summed E-state index contributed by atoms with van der Waals surface area (Å²) in [5.41, 5.74) is 2.11. The lowest BCUT2D eigenvalue weighted by Crippen LogP contribution is -2.43. The fraction of sp³-hybridized carbons (Fsp3) is 0.520. The summed E-state index contributed by atoms with van der Waals surface area (Å²) in [7, 11) is -4.41. The molecule has 220 valence electrons. The molecule has 1 saturated heterocycles. The van der Waals surface area contributed by atoms with Gasteiger partial charge >= 0.3 is 19.4 Å². The molecule has 0 aliphatic carbocycles. The Morgan fingerprint density at radius 3 is 2.50 bits per heavy atom. The summed E-state index contributed by atoms with van der Waals surface area (Å²) < 4.78 is 52.0. The van der Waals surface area contributed by atoms with E-state index in [-0.39, 0.29) is 23.3 Å². The first-order valence-electron chi connectivity index (χ1n) is 12.5. The molecule has 2 heterocycles. The number of hydrogen-bond donors (Lipinski definition) is 3. The third kappa shape index (κ3) is 7.32. The first-order valence-corrected chi connectivity index (χ1v) is 14.1. The fourth-order valence-corrected chi connectivity index (χ4v) is 5.43. The summed E-state index contributed by atoms with van der Waals surface area (Å²) >= 11 is 0. The average molecular weight is 585 g/mol. The number of ketones is 1. The molecule has 1 aliphatic rings. The number of nitrogens with zero attached hydrogens (tertiary/aromatic N) is 2. The quantitative estimate of drug-likeness (QED) is 0.245. The highest BCUT2D eigenvalue weighted by Gasteiger charge is 2.56. The van der Waals surface area contributed by atoms with Gasteiger partial charge in [-0.05, 0) is 39.0 Å². The molecule has 0 unspecified atom stereocenters. The highest BCUT2D eigenvalue weighted by molar-refractivity contribution is 7.52. The number of anilines is 1. The first-order chi connectivity index (χ1) is 18.6. The summed E-state index contributed by atoms with van der Waals surface area (Å²) in [6.45, 7) is 6.44. The molecule has 4 N–H and O–H groups in total. The van der Waals surface area contributed by atoms with Crippen molar-refractivity contribution in [2.75, 3.05) is 12.3 Å². The molecule has 1 aliphatic heterocycles. The van der Waals surface area contributed by atoms with Gasteiger partial charge in [-0.15, -0.1) is 0 Å². The number of rotatable bonds is 12. The molecule has 1 fully saturated rings. The van der Waals surface area contributed by atoms with Gasteiger partial charge in [-0.25, -0.2) is 13.8 Å². The molecule has 0 bridgehead atoms. The Balaban J connectivity index is 1.77. The van der Waals surface area contributed by atoms with E-state index in [4.69, 9.17) is 24.3 Å². The molecule has 1 aromatic carbocycles. The number of Topliss-reactive ketones (excluding diaryl/α,β-unsaturated/α-hetero) is 1. The van der Waals surface area contributed by atoms with E-state index >= 15 is 4.39 Å². The number of esters is 1. The van der Waals surface area contributed by atoms with E-state index in [9.17, 15) is 24.1 Å². The van der Waals surface area contributed by atoms with Crippen molar-refractivity contribution in [1.82, 2.24) is 14.6 Å². The van der Waals surface area contributed by atoms with Crippen LogP contribution in [0.5, 0.6) is 5.75 Å². The Bertz CT molecular complexity index is 1310. The number of alkyl halides is 1. The predicted octanol–water partition coefficient (Wildman–Crippen LogP) is 2.15. The van der Waals surface area contributed by atoms with Gasteiger partial charge in [-0.1, -0.05) is 32.0 Å². The van der Waals surface area contributed by atoms with E-state index in [1.807, 2.05) is 0 Å². The van der Waals surface area contributed by atoms with Gasteiger partial charge in [0.2, 0.25) is 0 Å². The Hall–Kier alpha value is -3.16. The lowest BCUT2D eigenvalue weighted by atomic mass is 9.98. The monoisotopic (exact) mass is 584 g/mol. The number of halogens is 1. The largest absolute Gasteiger partial charge is 0.459 e. The number of benzene rings is 1. The first kappa shape index (κ1) is 31.4. The van der Waals surface area contributed by atoms with Gasteiger partial charge in [0.25, 0.3) is 0 Å². The molecule has 0 radical (unpaired) electrons. The Kier molecular flexibility index (Phi) is 9.85. The second-order valence-electron chi connectivity index (χ2n) is 9.85. The summed E-state index contributed by atoms with van der Waals surface area (Å²) in [5, 5.41) is 13.1. The number of nitrogens with one attached hydrogen (secondary N) is 1. The number of carbonyl (C=O) groups excluding carboxylic acids is 2. The molecular weight excluding hydrogens is 550 g/mol. The molecule has 0 spiro atoms. The van der Waals surface area contributed by atoms with Gasteiger partial charge in [-0.2, -0.15) is 10.1 Å². The van der Waals surface area contributed by atoms with Crippen molar-refractivity contribution in [3.05, 3.63) is 53.1 Å². The highest BCUT2D eigenvalue weighted by atomic mass is 31.2. The van der Waals surface area contributed by atoms with Crippen LogP contribution in [-0.4, -0.2) is 63.0 Å².